The number of hydrogen-bond donors (Lipinski definition) is 2. The minimum atomic E-state index is 0.319. The Morgan fingerprint density at radius 2 is 2.00 bits per heavy atom. The molecule has 0 aromatic carbocycles. The molecule has 2 fully saturated rings. The van der Waals surface area contributed by atoms with E-state index in [0.717, 1.165) is 64.9 Å². The summed E-state index contributed by atoms with van der Waals surface area (Å²) >= 11 is 0. The number of nitrogens with one attached hydrogen (secondary N) is 2. The highest BCUT2D eigenvalue weighted by atomic mass is 16.5. The molecule has 2 N–H and O–H groups in total. The van der Waals surface area contributed by atoms with E-state index in [1.807, 2.05) is 12.4 Å². The number of guanidine groups is 1. The summed E-state index contributed by atoms with van der Waals surface area (Å²) in [7, 11) is 0. The second-order valence-electron chi connectivity index (χ2n) is 8.62. The summed E-state index contributed by atoms with van der Waals surface area (Å²) in [6.07, 6.45) is 11.4. The lowest BCUT2D eigenvalue weighted by Crippen LogP contribution is -2.46. The Kier molecular flexibility index (Phi) is 8.74. The molecule has 1 aliphatic heterocycles. The molecule has 29 heavy (non-hydrogen) atoms. The molecule has 0 bridgehead atoms. The van der Waals surface area contributed by atoms with Crippen molar-refractivity contribution in [3.8, 4) is 0 Å². The highest BCUT2D eigenvalue weighted by Crippen LogP contribution is 2.37. The van der Waals surface area contributed by atoms with Crippen LogP contribution in [0, 0.1) is 12.3 Å². The van der Waals surface area contributed by atoms with E-state index in [1.165, 1.54) is 43.2 Å². The van der Waals surface area contributed by atoms with Crippen molar-refractivity contribution in [1.29, 1.82) is 0 Å². The average molecular weight is 402 g/mol. The molecule has 1 aliphatic carbocycles. The fraction of sp³-hybridized carbons (Fsp3) is 0.739. The summed E-state index contributed by atoms with van der Waals surface area (Å²) in [6.45, 7) is 12.0. The van der Waals surface area contributed by atoms with Gasteiger partial charge in [-0.15, -0.1) is 0 Å². The van der Waals surface area contributed by atoms with Gasteiger partial charge in [-0.1, -0.05) is 19.3 Å². The van der Waals surface area contributed by atoms with Crippen molar-refractivity contribution in [2.24, 2.45) is 10.4 Å². The highest BCUT2D eigenvalue weighted by molar-refractivity contribution is 5.79. The van der Waals surface area contributed by atoms with Gasteiger partial charge in [-0.05, 0) is 50.3 Å². The minimum absolute atomic E-state index is 0.319. The molecule has 1 saturated carbocycles. The van der Waals surface area contributed by atoms with Crippen molar-refractivity contribution < 1.29 is 4.74 Å². The van der Waals surface area contributed by atoms with Gasteiger partial charge in [-0.2, -0.15) is 0 Å². The first-order valence-corrected chi connectivity index (χ1v) is 11.4. The van der Waals surface area contributed by atoms with E-state index in [9.17, 15) is 0 Å². The summed E-state index contributed by atoms with van der Waals surface area (Å²) in [5, 5.41) is 6.98. The smallest absolute Gasteiger partial charge is 0.191 e. The molecule has 6 heteroatoms. The number of aromatic nitrogens is 1. The van der Waals surface area contributed by atoms with Gasteiger partial charge >= 0.3 is 0 Å². The summed E-state index contributed by atoms with van der Waals surface area (Å²) < 4.78 is 5.55. The molecule has 1 aromatic rings. The van der Waals surface area contributed by atoms with Gasteiger partial charge in [0.25, 0.3) is 0 Å². The van der Waals surface area contributed by atoms with E-state index in [4.69, 9.17) is 9.73 Å². The standard InChI is InChI=1S/C23H39N5O/c1-3-25-22(26-12-8-21-7-11-24-17-20(21)2)27-18-23(9-5-4-6-10-23)19-28-13-15-29-16-14-28/h7,11,17H,3-6,8-10,12-16,18-19H2,1-2H3,(H2,25,26,27). The van der Waals surface area contributed by atoms with Gasteiger partial charge in [0.15, 0.2) is 5.96 Å². The molecule has 0 radical (unpaired) electrons. The minimum Gasteiger partial charge on any atom is -0.379 e. The van der Waals surface area contributed by atoms with E-state index in [-0.39, 0.29) is 0 Å². The summed E-state index contributed by atoms with van der Waals surface area (Å²) in [5.74, 6) is 0.950. The van der Waals surface area contributed by atoms with Crippen molar-refractivity contribution in [2.45, 2.75) is 52.4 Å². The van der Waals surface area contributed by atoms with Gasteiger partial charge in [0.1, 0.15) is 0 Å². The first kappa shape index (κ1) is 22.0. The van der Waals surface area contributed by atoms with Crippen LogP contribution in [0.1, 0.15) is 50.2 Å². The van der Waals surface area contributed by atoms with E-state index in [2.05, 4.69) is 40.4 Å². The number of hydrogen-bond acceptors (Lipinski definition) is 4. The number of aliphatic imine (C=N–C) groups is 1. The molecule has 162 valence electrons. The number of pyridine rings is 1. The predicted molar refractivity (Wildman–Crippen MR) is 119 cm³/mol. The number of aryl methyl sites for hydroxylation is 1. The van der Waals surface area contributed by atoms with Crippen molar-refractivity contribution in [3.05, 3.63) is 29.6 Å². The molecule has 0 atom stereocenters. The molecule has 6 nitrogen and oxygen atoms in total. The van der Waals surface area contributed by atoms with Crippen LogP contribution < -0.4 is 10.6 Å². The van der Waals surface area contributed by atoms with E-state index in [1.54, 1.807) is 0 Å². The number of ether oxygens (including phenoxy) is 1. The molecule has 2 aliphatic rings. The van der Waals surface area contributed by atoms with Gasteiger partial charge in [0.05, 0.1) is 13.2 Å². The molecule has 0 unspecified atom stereocenters. The van der Waals surface area contributed by atoms with E-state index >= 15 is 0 Å². The Bertz CT molecular complexity index is 636. The van der Waals surface area contributed by atoms with Crippen molar-refractivity contribution >= 4 is 5.96 Å². The summed E-state index contributed by atoms with van der Waals surface area (Å²) in [4.78, 5) is 11.8. The summed E-state index contributed by atoms with van der Waals surface area (Å²) in [5.41, 5.74) is 2.92. The van der Waals surface area contributed by atoms with Crippen LogP contribution in [0.3, 0.4) is 0 Å². The highest BCUT2D eigenvalue weighted by Gasteiger charge is 2.34. The molecule has 1 aromatic heterocycles. The lowest BCUT2D eigenvalue weighted by Gasteiger charge is -2.41. The quantitative estimate of drug-likeness (QED) is 0.518. The molecule has 0 spiro atoms. The number of rotatable bonds is 8. The zero-order valence-corrected chi connectivity index (χ0v) is 18.4. The lowest BCUT2D eigenvalue weighted by atomic mass is 9.73. The maximum Gasteiger partial charge on any atom is 0.191 e. The van der Waals surface area contributed by atoms with Gasteiger partial charge in [0, 0.05) is 57.1 Å². The Morgan fingerprint density at radius 3 is 2.72 bits per heavy atom. The van der Waals surface area contributed by atoms with Crippen molar-refractivity contribution in [2.75, 3.05) is 52.5 Å². The third kappa shape index (κ3) is 6.96. The fourth-order valence-corrected chi connectivity index (χ4v) is 4.59. The maximum atomic E-state index is 5.55. The van der Waals surface area contributed by atoms with Crippen LogP contribution in [0.2, 0.25) is 0 Å². The average Bonchev–Trinajstić information content (AvgIpc) is 2.75. The topological polar surface area (TPSA) is 61.8 Å². The number of morpholine rings is 1. The molecular formula is C23H39N5O. The van der Waals surface area contributed by atoms with Crippen LogP contribution in [-0.2, 0) is 11.2 Å². The molecule has 2 heterocycles. The van der Waals surface area contributed by atoms with Crippen molar-refractivity contribution in [1.82, 2.24) is 20.5 Å². The van der Waals surface area contributed by atoms with Crippen LogP contribution in [-0.4, -0.2) is 68.3 Å². The molecule has 0 amide bonds. The van der Waals surface area contributed by atoms with Crippen LogP contribution >= 0.6 is 0 Å². The van der Waals surface area contributed by atoms with Gasteiger partial charge in [0.2, 0.25) is 0 Å². The van der Waals surface area contributed by atoms with E-state index < -0.39 is 0 Å². The van der Waals surface area contributed by atoms with Crippen LogP contribution in [0.15, 0.2) is 23.5 Å². The zero-order chi connectivity index (χ0) is 20.4. The first-order valence-electron chi connectivity index (χ1n) is 11.4. The Morgan fingerprint density at radius 1 is 1.21 bits per heavy atom. The SMILES string of the molecule is CCNC(=NCC1(CN2CCOCC2)CCCCC1)NCCc1ccncc1C. The normalized spacial score (nSPS) is 20.4. The van der Waals surface area contributed by atoms with Crippen LogP contribution in [0.4, 0.5) is 0 Å². The van der Waals surface area contributed by atoms with Gasteiger partial charge in [-0.25, -0.2) is 0 Å². The van der Waals surface area contributed by atoms with Crippen LogP contribution in [0.25, 0.3) is 0 Å². The van der Waals surface area contributed by atoms with Gasteiger partial charge < -0.3 is 15.4 Å². The maximum absolute atomic E-state index is 5.55. The lowest BCUT2D eigenvalue weighted by molar-refractivity contribution is 0.00937. The van der Waals surface area contributed by atoms with Crippen LogP contribution in [0.5, 0.6) is 0 Å². The number of nitrogens with zero attached hydrogens (tertiary/aromatic N) is 3. The second kappa shape index (κ2) is 11.5. The van der Waals surface area contributed by atoms with Crippen molar-refractivity contribution in [3.63, 3.8) is 0 Å². The van der Waals surface area contributed by atoms with Gasteiger partial charge in [-0.3, -0.25) is 14.9 Å². The fourth-order valence-electron chi connectivity index (χ4n) is 4.59. The first-order chi connectivity index (χ1) is 14.2. The Hall–Kier alpha value is -1.66. The molecule has 1 saturated heterocycles. The monoisotopic (exact) mass is 401 g/mol. The molecular weight excluding hydrogens is 362 g/mol. The Labute approximate surface area is 176 Å². The van der Waals surface area contributed by atoms with E-state index in [0.29, 0.717) is 5.41 Å². The molecule has 3 rings (SSSR count). The third-order valence-corrected chi connectivity index (χ3v) is 6.32. The second-order valence-corrected chi connectivity index (χ2v) is 8.62. The largest absolute Gasteiger partial charge is 0.379 e. The Balaban J connectivity index is 1.58. The third-order valence-electron chi connectivity index (χ3n) is 6.32. The predicted octanol–water partition coefficient (Wildman–Crippen LogP) is 2.77. The summed E-state index contributed by atoms with van der Waals surface area (Å²) in [6, 6.07) is 2.11. The zero-order valence-electron chi connectivity index (χ0n) is 18.4.